The number of hydrazine groups is 1. The van der Waals surface area contributed by atoms with E-state index in [4.69, 9.17) is 10.6 Å². The lowest BCUT2D eigenvalue weighted by Crippen LogP contribution is -2.37. The minimum Gasteiger partial charge on any atom is -0.381 e. The van der Waals surface area contributed by atoms with Crippen molar-refractivity contribution in [1.82, 2.24) is 20.2 Å². The number of nitrogen functional groups attached to an aromatic ring is 1. The molecule has 19 heavy (non-hydrogen) atoms. The van der Waals surface area contributed by atoms with E-state index in [-0.39, 0.29) is 0 Å². The average molecular weight is 263 g/mol. The lowest BCUT2D eigenvalue weighted by atomic mass is 10.1. The van der Waals surface area contributed by atoms with Crippen molar-refractivity contribution in [1.29, 1.82) is 0 Å². The minimum absolute atomic E-state index is 0.338. The van der Waals surface area contributed by atoms with Crippen LogP contribution >= 0.6 is 0 Å². The molecular formula is C11H17N7O. The van der Waals surface area contributed by atoms with Crippen LogP contribution in [0.15, 0.2) is 6.20 Å². The fourth-order valence-electron chi connectivity index (χ4n) is 2.43. The molecule has 0 spiro atoms. The van der Waals surface area contributed by atoms with Crippen LogP contribution in [0.25, 0.3) is 11.0 Å². The summed E-state index contributed by atoms with van der Waals surface area (Å²) in [5.74, 6) is 6.66. The largest absolute Gasteiger partial charge is 0.381 e. The molecule has 1 saturated heterocycles. The summed E-state index contributed by atoms with van der Waals surface area (Å²) in [5.41, 5.74) is 3.17. The zero-order chi connectivity index (χ0) is 13.2. The van der Waals surface area contributed by atoms with Crippen molar-refractivity contribution in [2.45, 2.75) is 18.9 Å². The Hall–Kier alpha value is -1.93. The van der Waals surface area contributed by atoms with Crippen LogP contribution in [0.5, 0.6) is 0 Å². The van der Waals surface area contributed by atoms with Crippen LogP contribution in [0.4, 0.5) is 11.8 Å². The lowest BCUT2D eigenvalue weighted by Gasteiger charge is -2.32. The smallest absolute Gasteiger partial charge is 0.241 e. The summed E-state index contributed by atoms with van der Waals surface area (Å²) in [6, 6.07) is 0. The topological polar surface area (TPSA) is 105 Å². The van der Waals surface area contributed by atoms with E-state index < -0.39 is 0 Å². The monoisotopic (exact) mass is 263 g/mol. The van der Waals surface area contributed by atoms with E-state index in [9.17, 15) is 0 Å². The van der Waals surface area contributed by atoms with Gasteiger partial charge >= 0.3 is 0 Å². The molecule has 0 bridgehead atoms. The maximum Gasteiger partial charge on any atom is 0.241 e. The number of rotatable bonds is 3. The van der Waals surface area contributed by atoms with Gasteiger partial charge < -0.3 is 9.64 Å². The van der Waals surface area contributed by atoms with E-state index >= 15 is 0 Å². The van der Waals surface area contributed by atoms with Gasteiger partial charge in [0.25, 0.3) is 0 Å². The molecule has 8 heteroatoms. The third-order valence-electron chi connectivity index (χ3n) is 3.49. The number of hydrogen-bond donors (Lipinski definition) is 3. The number of piperidine rings is 1. The molecular weight excluding hydrogens is 246 g/mol. The van der Waals surface area contributed by atoms with Gasteiger partial charge in [0.05, 0.1) is 17.7 Å². The average Bonchev–Trinajstić information content (AvgIpc) is 2.94. The fourth-order valence-corrected chi connectivity index (χ4v) is 2.43. The molecule has 0 amide bonds. The second kappa shape index (κ2) is 4.98. The molecule has 1 aliphatic heterocycles. The normalized spacial score (nSPS) is 17.1. The predicted molar refractivity (Wildman–Crippen MR) is 71.7 cm³/mol. The van der Waals surface area contributed by atoms with Crippen molar-refractivity contribution in [3.8, 4) is 0 Å². The number of fused-ring (bicyclic) bond motifs is 1. The molecule has 0 atom stereocenters. The van der Waals surface area contributed by atoms with Gasteiger partial charge in [-0.2, -0.15) is 15.1 Å². The van der Waals surface area contributed by atoms with Crippen LogP contribution in [0.3, 0.4) is 0 Å². The number of nitrogens with zero attached hydrogens (tertiary/aromatic N) is 4. The zero-order valence-corrected chi connectivity index (χ0v) is 10.8. The molecule has 3 heterocycles. The molecule has 4 N–H and O–H groups in total. The van der Waals surface area contributed by atoms with Gasteiger partial charge in [-0.15, -0.1) is 0 Å². The minimum atomic E-state index is 0.338. The van der Waals surface area contributed by atoms with Crippen LogP contribution in [-0.2, 0) is 4.74 Å². The highest BCUT2D eigenvalue weighted by Crippen LogP contribution is 2.26. The van der Waals surface area contributed by atoms with Gasteiger partial charge in [-0.25, -0.2) is 5.84 Å². The van der Waals surface area contributed by atoms with E-state index in [1.165, 1.54) is 0 Å². The van der Waals surface area contributed by atoms with Crippen molar-refractivity contribution >= 4 is 22.8 Å². The maximum absolute atomic E-state index is 5.40. The number of hydrogen-bond acceptors (Lipinski definition) is 7. The molecule has 0 radical (unpaired) electrons. The molecule has 0 aliphatic carbocycles. The van der Waals surface area contributed by atoms with Gasteiger partial charge in [-0.1, -0.05) is 0 Å². The number of nitrogens with one attached hydrogen (secondary N) is 2. The zero-order valence-electron chi connectivity index (χ0n) is 10.8. The summed E-state index contributed by atoms with van der Waals surface area (Å²) in [4.78, 5) is 10.9. The molecule has 1 aliphatic rings. The Kier molecular flexibility index (Phi) is 3.18. The van der Waals surface area contributed by atoms with Gasteiger partial charge in [0.15, 0.2) is 5.65 Å². The number of aromatic amines is 1. The number of anilines is 2. The number of methoxy groups -OCH3 is 1. The van der Waals surface area contributed by atoms with Crippen molar-refractivity contribution in [2.24, 2.45) is 5.84 Å². The van der Waals surface area contributed by atoms with Gasteiger partial charge in [-0.05, 0) is 12.8 Å². The maximum atomic E-state index is 5.40. The highest BCUT2D eigenvalue weighted by Gasteiger charge is 2.22. The van der Waals surface area contributed by atoms with Crippen LogP contribution in [-0.4, -0.2) is 46.5 Å². The third kappa shape index (κ3) is 2.20. The Labute approximate surface area is 110 Å². The molecule has 0 saturated carbocycles. The molecule has 2 aromatic rings. The highest BCUT2D eigenvalue weighted by molar-refractivity contribution is 5.87. The summed E-state index contributed by atoms with van der Waals surface area (Å²) in [6.45, 7) is 1.81. The quantitative estimate of drug-likeness (QED) is 0.538. The van der Waals surface area contributed by atoms with Gasteiger partial charge in [0.2, 0.25) is 5.95 Å². The highest BCUT2D eigenvalue weighted by atomic mass is 16.5. The van der Waals surface area contributed by atoms with Crippen molar-refractivity contribution in [2.75, 3.05) is 30.5 Å². The Morgan fingerprint density at radius 1 is 1.42 bits per heavy atom. The van der Waals surface area contributed by atoms with E-state index in [2.05, 4.69) is 30.5 Å². The Balaban J connectivity index is 1.93. The Morgan fingerprint density at radius 3 is 2.89 bits per heavy atom. The van der Waals surface area contributed by atoms with Crippen LogP contribution in [0.1, 0.15) is 12.8 Å². The summed E-state index contributed by atoms with van der Waals surface area (Å²) in [6.07, 6.45) is 4.06. The molecule has 102 valence electrons. The molecule has 2 aromatic heterocycles. The first-order chi connectivity index (χ1) is 9.31. The Bertz CT molecular complexity index is 561. The van der Waals surface area contributed by atoms with E-state index in [0.717, 1.165) is 37.1 Å². The molecule has 0 aromatic carbocycles. The van der Waals surface area contributed by atoms with Crippen LogP contribution in [0, 0.1) is 0 Å². The molecule has 1 fully saturated rings. The molecule has 8 nitrogen and oxygen atoms in total. The molecule has 3 rings (SSSR count). The van der Waals surface area contributed by atoms with Crippen molar-refractivity contribution < 1.29 is 4.74 Å². The number of H-pyrrole nitrogens is 1. The standard InChI is InChI=1S/C11H17N7O/c1-19-7-2-4-18(5-3-7)10-8-6-13-17-9(8)14-11(15-10)16-12/h6-7H,2-5,12H2,1H3,(H2,13,14,15,16,17). The first-order valence-corrected chi connectivity index (χ1v) is 6.27. The van der Waals surface area contributed by atoms with Gasteiger partial charge in [-0.3, -0.25) is 10.5 Å². The second-order valence-corrected chi connectivity index (χ2v) is 4.57. The van der Waals surface area contributed by atoms with E-state index in [1.807, 2.05) is 0 Å². The summed E-state index contributed by atoms with van der Waals surface area (Å²) < 4.78 is 5.38. The summed E-state index contributed by atoms with van der Waals surface area (Å²) >= 11 is 0. The number of nitrogens with two attached hydrogens (primary N) is 1. The SMILES string of the molecule is COC1CCN(c2nc(NN)nc3[nH]ncc23)CC1. The molecule has 0 unspecified atom stereocenters. The van der Waals surface area contributed by atoms with Crippen LogP contribution < -0.4 is 16.2 Å². The fraction of sp³-hybridized carbons (Fsp3) is 0.545. The second-order valence-electron chi connectivity index (χ2n) is 4.57. The lowest BCUT2D eigenvalue weighted by molar-refractivity contribution is 0.0818. The predicted octanol–water partition coefficient (Wildman–Crippen LogP) is 0.254. The third-order valence-corrected chi connectivity index (χ3v) is 3.49. The summed E-state index contributed by atoms with van der Waals surface area (Å²) in [5, 5.41) is 7.77. The first-order valence-electron chi connectivity index (χ1n) is 6.27. The number of aromatic nitrogens is 4. The van der Waals surface area contributed by atoms with E-state index in [0.29, 0.717) is 17.7 Å². The van der Waals surface area contributed by atoms with E-state index in [1.54, 1.807) is 13.3 Å². The summed E-state index contributed by atoms with van der Waals surface area (Å²) in [7, 11) is 1.76. The van der Waals surface area contributed by atoms with Gasteiger partial charge in [0.1, 0.15) is 5.82 Å². The number of ether oxygens (including phenoxy) is 1. The Morgan fingerprint density at radius 2 is 2.21 bits per heavy atom. The van der Waals surface area contributed by atoms with Gasteiger partial charge in [0, 0.05) is 20.2 Å². The first kappa shape index (κ1) is 12.1. The van der Waals surface area contributed by atoms with Crippen LogP contribution in [0.2, 0.25) is 0 Å². The van der Waals surface area contributed by atoms with Crippen molar-refractivity contribution in [3.63, 3.8) is 0 Å². The van der Waals surface area contributed by atoms with Crippen molar-refractivity contribution in [3.05, 3.63) is 6.20 Å².